The number of carbonyl (C=O) groups excluding carboxylic acids is 1. The molecule has 0 aliphatic rings. The molecule has 0 radical (unpaired) electrons. The maximum Gasteiger partial charge on any atom is 0.416 e. The number of esters is 1. The van der Waals surface area contributed by atoms with Gasteiger partial charge in [-0.3, -0.25) is 4.79 Å². The highest BCUT2D eigenvalue weighted by molar-refractivity contribution is 7.15. The number of carbonyl (C=O) groups is 1. The van der Waals surface area contributed by atoms with Crippen LogP contribution in [-0.4, -0.2) is 19.7 Å². The molecule has 1 atom stereocenters. The van der Waals surface area contributed by atoms with E-state index in [0.717, 1.165) is 49.9 Å². The van der Waals surface area contributed by atoms with Crippen molar-refractivity contribution >= 4 is 17.3 Å². The lowest BCUT2D eigenvalue weighted by Gasteiger charge is -2.14. The highest BCUT2D eigenvalue weighted by Gasteiger charge is 2.30. The molecule has 1 aromatic heterocycles. The topological polar surface area (TPSA) is 35.5 Å². The first-order valence-electron chi connectivity index (χ1n) is 10.7. The molecule has 0 spiro atoms. The molecule has 0 aliphatic carbocycles. The van der Waals surface area contributed by atoms with Crippen LogP contribution in [0.3, 0.4) is 0 Å². The summed E-state index contributed by atoms with van der Waals surface area (Å²) in [5.41, 5.74) is 3.36. The highest BCUT2D eigenvalue weighted by Crippen LogP contribution is 2.37. The van der Waals surface area contributed by atoms with Crippen LogP contribution in [0.1, 0.15) is 46.4 Å². The maximum absolute atomic E-state index is 12.8. The predicted molar refractivity (Wildman–Crippen MR) is 125 cm³/mol. The second kappa shape index (κ2) is 10.4. The third-order valence-electron chi connectivity index (χ3n) is 5.54. The Morgan fingerprint density at radius 1 is 1.03 bits per heavy atom. The molecular weight excluding hydrogens is 449 g/mol. The highest BCUT2D eigenvalue weighted by atomic mass is 32.1. The Labute approximate surface area is 196 Å². The second-order valence-electron chi connectivity index (χ2n) is 8.11. The van der Waals surface area contributed by atoms with E-state index < -0.39 is 11.7 Å². The lowest BCUT2D eigenvalue weighted by atomic mass is 10.0. The number of alkyl halides is 3. The minimum absolute atomic E-state index is 0.123. The van der Waals surface area contributed by atoms with Crippen LogP contribution >= 0.6 is 11.3 Å². The van der Waals surface area contributed by atoms with Crippen LogP contribution in [0.5, 0.6) is 5.75 Å². The van der Waals surface area contributed by atoms with E-state index in [-0.39, 0.29) is 11.9 Å². The van der Waals surface area contributed by atoms with Crippen LogP contribution in [0.25, 0.3) is 10.4 Å². The van der Waals surface area contributed by atoms with Gasteiger partial charge in [-0.25, -0.2) is 0 Å². The van der Waals surface area contributed by atoms with Gasteiger partial charge < -0.3 is 9.47 Å². The van der Waals surface area contributed by atoms with E-state index in [2.05, 4.69) is 6.92 Å². The first-order chi connectivity index (χ1) is 15.6. The van der Waals surface area contributed by atoms with Crippen LogP contribution in [0.4, 0.5) is 13.2 Å². The summed E-state index contributed by atoms with van der Waals surface area (Å²) in [6.07, 6.45) is -3.37. The van der Waals surface area contributed by atoms with Gasteiger partial charge in [-0.2, -0.15) is 13.2 Å². The molecule has 2 aromatic carbocycles. The maximum atomic E-state index is 12.8. The summed E-state index contributed by atoms with van der Waals surface area (Å²) in [6, 6.07) is 13.1. The molecule has 0 aliphatic heterocycles. The van der Waals surface area contributed by atoms with Crippen molar-refractivity contribution in [1.82, 2.24) is 0 Å². The molecule has 33 heavy (non-hydrogen) atoms. The molecule has 3 aromatic rings. The lowest BCUT2D eigenvalue weighted by Crippen LogP contribution is -2.07. The fraction of sp³-hybridized carbons (Fsp3) is 0.346. The number of aryl methyl sites for hydroxylation is 3. The van der Waals surface area contributed by atoms with Gasteiger partial charge in [0.1, 0.15) is 5.75 Å². The normalized spacial score (nSPS) is 12.5. The summed E-state index contributed by atoms with van der Waals surface area (Å²) in [6.45, 7) is 6.56. The van der Waals surface area contributed by atoms with E-state index in [1.165, 1.54) is 19.2 Å². The summed E-state index contributed by atoms with van der Waals surface area (Å²) in [5, 5.41) is 0. The molecule has 7 heteroatoms. The smallest absolute Gasteiger partial charge is 0.416 e. The zero-order chi connectivity index (χ0) is 24.2. The summed E-state index contributed by atoms with van der Waals surface area (Å²) in [5.74, 6) is 0.654. The van der Waals surface area contributed by atoms with Gasteiger partial charge in [0.15, 0.2) is 0 Å². The van der Waals surface area contributed by atoms with Gasteiger partial charge in [-0.15, -0.1) is 11.3 Å². The van der Waals surface area contributed by atoms with Crippen molar-refractivity contribution in [2.24, 2.45) is 0 Å². The van der Waals surface area contributed by atoms with Crippen molar-refractivity contribution in [2.45, 2.75) is 45.7 Å². The quantitative estimate of drug-likeness (QED) is 0.319. The van der Waals surface area contributed by atoms with E-state index in [4.69, 9.17) is 9.47 Å². The molecule has 3 nitrogen and oxygen atoms in total. The monoisotopic (exact) mass is 476 g/mol. The van der Waals surface area contributed by atoms with Gasteiger partial charge in [0.25, 0.3) is 0 Å². The Hall–Kier alpha value is -2.80. The zero-order valence-electron chi connectivity index (χ0n) is 19.1. The molecule has 0 amide bonds. The van der Waals surface area contributed by atoms with Gasteiger partial charge in [0.05, 0.1) is 19.3 Å². The van der Waals surface area contributed by atoms with Gasteiger partial charge in [0.2, 0.25) is 0 Å². The van der Waals surface area contributed by atoms with E-state index in [0.29, 0.717) is 19.4 Å². The lowest BCUT2D eigenvalue weighted by molar-refractivity contribution is -0.140. The second-order valence-corrected chi connectivity index (χ2v) is 9.19. The molecule has 0 saturated heterocycles. The van der Waals surface area contributed by atoms with Crippen molar-refractivity contribution in [3.8, 4) is 16.2 Å². The molecule has 0 bridgehead atoms. The fourth-order valence-corrected chi connectivity index (χ4v) is 4.84. The number of rotatable bonds is 8. The number of halogens is 3. The van der Waals surface area contributed by atoms with Crippen LogP contribution in [0.2, 0.25) is 0 Å². The van der Waals surface area contributed by atoms with E-state index >= 15 is 0 Å². The van der Waals surface area contributed by atoms with Crippen molar-refractivity contribution in [1.29, 1.82) is 0 Å². The van der Waals surface area contributed by atoms with Crippen molar-refractivity contribution in [2.75, 3.05) is 13.7 Å². The SMILES string of the molecule is COC(=O)CCc1ccc(OC[C@@H](C)c2sc(-c3ccc(C(F)(F)F)cc3)cc2C)cc1C. The fourth-order valence-electron chi connectivity index (χ4n) is 3.63. The van der Waals surface area contributed by atoms with E-state index in [9.17, 15) is 18.0 Å². The van der Waals surface area contributed by atoms with Crippen molar-refractivity contribution in [3.05, 3.63) is 75.7 Å². The summed E-state index contributed by atoms with van der Waals surface area (Å²) in [4.78, 5) is 13.4. The Morgan fingerprint density at radius 2 is 1.73 bits per heavy atom. The number of methoxy groups -OCH3 is 1. The third-order valence-corrected chi connectivity index (χ3v) is 7.06. The Morgan fingerprint density at radius 3 is 2.33 bits per heavy atom. The van der Waals surface area contributed by atoms with E-state index in [1.54, 1.807) is 11.3 Å². The molecular formula is C26H27F3O3S. The molecule has 0 unspecified atom stereocenters. The first-order valence-corrected chi connectivity index (χ1v) is 11.5. The van der Waals surface area contributed by atoms with Crippen LogP contribution < -0.4 is 4.74 Å². The molecule has 0 N–H and O–H groups in total. The molecule has 3 rings (SSSR count). The largest absolute Gasteiger partial charge is 0.493 e. The zero-order valence-corrected chi connectivity index (χ0v) is 19.9. The number of thiophene rings is 1. The molecule has 176 valence electrons. The van der Waals surface area contributed by atoms with Gasteiger partial charge >= 0.3 is 12.1 Å². The third kappa shape index (κ3) is 6.38. The van der Waals surface area contributed by atoms with Gasteiger partial charge in [-0.05, 0) is 72.9 Å². The standard InChI is InChI=1S/C26H27F3O3S/c1-16-13-22(11-7-19(16)8-12-24(30)31-4)32-15-18(3)25-17(2)14-23(33-25)20-5-9-21(10-6-20)26(27,28)29/h5-7,9-11,13-14,18H,8,12,15H2,1-4H3/t18-/m1/s1. The van der Waals surface area contributed by atoms with Crippen molar-refractivity contribution in [3.63, 3.8) is 0 Å². The van der Waals surface area contributed by atoms with E-state index in [1.807, 2.05) is 38.1 Å². The molecule has 0 fully saturated rings. The summed E-state index contributed by atoms with van der Waals surface area (Å²) < 4.78 is 49.2. The minimum Gasteiger partial charge on any atom is -0.493 e. The molecule has 0 saturated carbocycles. The average Bonchev–Trinajstić information content (AvgIpc) is 3.17. The summed E-state index contributed by atoms with van der Waals surface area (Å²) in [7, 11) is 1.38. The Bertz CT molecular complexity index is 1100. The number of hydrogen-bond donors (Lipinski definition) is 0. The molecule has 1 heterocycles. The van der Waals surface area contributed by atoms with Gasteiger partial charge in [0, 0.05) is 22.1 Å². The predicted octanol–water partition coefficient (Wildman–Crippen LogP) is 7.34. The average molecular weight is 477 g/mol. The van der Waals surface area contributed by atoms with Crippen LogP contribution in [-0.2, 0) is 22.1 Å². The number of ether oxygens (including phenoxy) is 2. The van der Waals surface area contributed by atoms with Crippen molar-refractivity contribution < 1.29 is 27.4 Å². The minimum atomic E-state index is -4.33. The first kappa shape index (κ1) is 24.8. The Kier molecular flexibility index (Phi) is 7.84. The Balaban J connectivity index is 1.64. The van der Waals surface area contributed by atoms with Crippen LogP contribution in [0, 0.1) is 13.8 Å². The van der Waals surface area contributed by atoms with Gasteiger partial charge in [-0.1, -0.05) is 25.1 Å². The number of benzene rings is 2. The number of hydrogen-bond acceptors (Lipinski definition) is 4. The van der Waals surface area contributed by atoms with Crippen LogP contribution in [0.15, 0.2) is 48.5 Å². The summed E-state index contributed by atoms with van der Waals surface area (Å²) >= 11 is 1.58.